The van der Waals surface area contributed by atoms with Crippen LogP contribution >= 0.6 is 11.3 Å². The summed E-state index contributed by atoms with van der Waals surface area (Å²) in [5.41, 5.74) is 5.18. The maximum absolute atomic E-state index is 12.8. The lowest BCUT2D eigenvalue weighted by atomic mass is 10.2. The van der Waals surface area contributed by atoms with Crippen LogP contribution in [-0.2, 0) is 26.9 Å². The van der Waals surface area contributed by atoms with Crippen molar-refractivity contribution in [3.63, 3.8) is 0 Å². The normalized spacial score (nSPS) is 11.8. The fourth-order valence-corrected chi connectivity index (χ4v) is 5.60. The van der Waals surface area contributed by atoms with E-state index in [0.29, 0.717) is 17.0 Å². The maximum Gasteiger partial charge on any atom is 0.244 e. The van der Waals surface area contributed by atoms with Crippen molar-refractivity contribution in [3.8, 4) is 10.6 Å². The second-order valence-corrected chi connectivity index (χ2v) is 11.5. The average Bonchev–Trinajstić information content (AvgIpc) is 3.34. The molecule has 0 saturated carbocycles. The largest absolute Gasteiger partial charge is 0.325 e. The number of carbonyl (C=O) groups is 1. The molecule has 0 aliphatic rings. The van der Waals surface area contributed by atoms with Crippen LogP contribution in [0.15, 0.2) is 66.7 Å². The van der Waals surface area contributed by atoms with Gasteiger partial charge in [-0.1, -0.05) is 18.2 Å². The van der Waals surface area contributed by atoms with Crippen LogP contribution in [0.3, 0.4) is 0 Å². The Labute approximate surface area is 201 Å². The summed E-state index contributed by atoms with van der Waals surface area (Å²) in [6.45, 7) is 2.03. The number of hydrogen-bond donors (Lipinski definition) is 1. The van der Waals surface area contributed by atoms with Gasteiger partial charge in [-0.2, -0.15) is 0 Å². The lowest BCUT2D eigenvalue weighted by Crippen LogP contribution is -2.21. The lowest BCUT2D eigenvalue weighted by Gasteiger charge is -2.10. The summed E-state index contributed by atoms with van der Waals surface area (Å²) in [7, 11) is -3.31. The minimum atomic E-state index is -3.31. The predicted octanol–water partition coefficient (Wildman–Crippen LogP) is 4.80. The molecule has 0 unspecified atom stereocenters. The minimum Gasteiger partial charge on any atom is -0.325 e. The number of thiazole rings is 1. The van der Waals surface area contributed by atoms with Gasteiger partial charge >= 0.3 is 0 Å². The monoisotopic (exact) mass is 490 g/mol. The number of amides is 1. The Morgan fingerprint density at radius 3 is 2.53 bits per heavy atom. The molecule has 9 heteroatoms. The molecule has 172 valence electrons. The molecule has 1 amide bonds. The zero-order valence-electron chi connectivity index (χ0n) is 18.6. The highest BCUT2D eigenvalue weighted by atomic mass is 32.2. The van der Waals surface area contributed by atoms with Crippen LogP contribution in [0.25, 0.3) is 31.8 Å². The van der Waals surface area contributed by atoms with E-state index in [1.807, 2.05) is 48.5 Å². The van der Waals surface area contributed by atoms with Crippen molar-refractivity contribution in [2.24, 2.45) is 0 Å². The van der Waals surface area contributed by atoms with Gasteiger partial charge < -0.3 is 9.88 Å². The molecule has 5 rings (SSSR count). The average molecular weight is 491 g/mol. The Hall–Kier alpha value is -3.56. The van der Waals surface area contributed by atoms with E-state index in [9.17, 15) is 13.2 Å². The molecule has 2 heterocycles. The third-order valence-corrected chi connectivity index (χ3v) is 7.24. The highest BCUT2D eigenvalue weighted by molar-refractivity contribution is 7.89. The summed E-state index contributed by atoms with van der Waals surface area (Å²) in [5.74, 6) is -0.146. The van der Waals surface area contributed by atoms with Crippen molar-refractivity contribution in [1.82, 2.24) is 14.5 Å². The van der Waals surface area contributed by atoms with Gasteiger partial charge in [-0.05, 0) is 61.0 Å². The quantitative estimate of drug-likeness (QED) is 0.369. The van der Waals surface area contributed by atoms with Crippen LogP contribution in [-0.4, -0.2) is 35.1 Å². The van der Waals surface area contributed by atoms with Crippen LogP contribution in [0.1, 0.15) is 11.4 Å². The van der Waals surface area contributed by atoms with Gasteiger partial charge in [0.05, 0.1) is 21.3 Å². The Kier molecular flexibility index (Phi) is 5.66. The number of para-hydroxylation sites is 2. The predicted molar refractivity (Wildman–Crippen MR) is 137 cm³/mol. The molecule has 0 saturated heterocycles. The van der Waals surface area contributed by atoms with Gasteiger partial charge in [-0.3, -0.25) is 4.79 Å². The van der Waals surface area contributed by atoms with E-state index in [-0.39, 0.29) is 18.2 Å². The second kappa shape index (κ2) is 8.66. The second-order valence-electron chi connectivity index (χ2n) is 8.29. The molecule has 34 heavy (non-hydrogen) atoms. The Bertz CT molecular complexity index is 1630. The van der Waals surface area contributed by atoms with Crippen LogP contribution < -0.4 is 5.32 Å². The van der Waals surface area contributed by atoms with Crippen LogP contribution in [0.2, 0.25) is 0 Å². The van der Waals surface area contributed by atoms with Crippen LogP contribution in [0.4, 0.5) is 5.69 Å². The van der Waals surface area contributed by atoms with E-state index in [1.54, 1.807) is 22.0 Å². The third kappa shape index (κ3) is 4.71. The number of anilines is 1. The summed E-state index contributed by atoms with van der Waals surface area (Å²) >= 11 is 1.64. The fraction of sp³-hybridized carbons (Fsp3) is 0.160. The number of fused-ring (bicyclic) bond motifs is 2. The molecule has 2 aromatic heterocycles. The zero-order valence-corrected chi connectivity index (χ0v) is 20.3. The molecule has 7 nitrogen and oxygen atoms in total. The smallest absolute Gasteiger partial charge is 0.244 e. The SMILES string of the molecule is Cc1ccc2nc(-c3ccc(NC(=O)Cn4c(CS(C)(=O)=O)nc5ccccc54)cc3)sc2c1. The zero-order chi connectivity index (χ0) is 23.9. The van der Waals surface area contributed by atoms with Crippen molar-refractivity contribution >= 4 is 54.0 Å². The molecule has 0 fully saturated rings. The van der Waals surface area contributed by atoms with E-state index >= 15 is 0 Å². The van der Waals surface area contributed by atoms with E-state index in [2.05, 4.69) is 29.4 Å². The van der Waals surface area contributed by atoms with Gasteiger partial charge in [-0.25, -0.2) is 18.4 Å². The molecule has 0 bridgehead atoms. The number of aromatic nitrogens is 3. The molecule has 0 spiro atoms. The molecule has 0 aliphatic heterocycles. The maximum atomic E-state index is 12.8. The number of imidazole rings is 1. The topological polar surface area (TPSA) is 94.0 Å². The van der Waals surface area contributed by atoms with E-state index in [1.165, 1.54) is 5.56 Å². The number of rotatable bonds is 6. The molecule has 0 atom stereocenters. The fourth-order valence-electron chi connectivity index (χ4n) is 3.84. The van der Waals surface area contributed by atoms with E-state index < -0.39 is 9.84 Å². The first kappa shape index (κ1) is 22.2. The number of nitrogens with zero attached hydrogens (tertiary/aromatic N) is 3. The van der Waals surface area contributed by atoms with Gasteiger partial charge in [0, 0.05) is 17.5 Å². The van der Waals surface area contributed by atoms with Crippen molar-refractivity contribution < 1.29 is 13.2 Å². The highest BCUT2D eigenvalue weighted by Gasteiger charge is 2.17. The van der Waals surface area contributed by atoms with Crippen molar-refractivity contribution in [3.05, 3.63) is 78.1 Å². The first-order chi connectivity index (χ1) is 16.2. The summed E-state index contributed by atoms with van der Waals surface area (Å²) in [6, 6.07) is 21.1. The number of aryl methyl sites for hydroxylation is 1. The van der Waals surface area contributed by atoms with Crippen molar-refractivity contribution in [1.29, 1.82) is 0 Å². The molecular formula is C25H22N4O3S2. The van der Waals surface area contributed by atoms with Gasteiger partial charge in [0.1, 0.15) is 23.1 Å². The minimum absolute atomic E-state index is 0.0374. The van der Waals surface area contributed by atoms with Gasteiger partial charge in [-0.15, -0.1) is 11.3 Å². The molecular weight excluding hydrogens is 468 g/mol. The van der Waals surface area contributed by atoms with E-state index in [4.69, 9.17) is 4.98 Å². The van der Waals surface area contributed by atoms with Crippen molar-refractivity contribution in [2.45, 2.75) is 19.2 Å². The number of nitrogens with one attached hydrogen (secondary N) is 1. The van der Waals surface area contributed by atoms with Gasteiger partial charge in [0.2, 0.25) is 5.91 Å². The molecule has 3 aromatic carbocycles. The summed E-state index contributed by atoms with van der Waals surface area (Å²) < 4.78 is 26.5. The Morgan fingerprint density at radius 1 is 1.00 bits per heavy atom. The standard InChI is InChI=1S/C25H22N4O3S2/c1-16-7-12-20-22(13-16)33-25(28-20)17-8-10-18(11-9-17)26-24(30)14-29-21-6-4-3-5-19(21)27-23(29)15-34(2,31)32/h3-13H,14-15H2,1-2H3,(H,26,30). The Morgan fingerprint density at radius 2 is 1.76 bits per heavy atom. The summed E-state index contributed by atoms with van der Waals surface area (Å²) in [4.78, 5) is 22.0. The first-order valence-electron chi connectivity index (χ1n) is 10.6. The van der Waals surface area contributed by atoms with Crippen LogP contribution in [0.5, 0.6) is 0 Å². The number of sulfone groups is 1. The summed E-state index contributed by atoms with van der Waals surface area (Å²) in [6.07, 6.45) is 1.16. The summed E-state index contributed by atoms with van der Waals surface area (Å²) in [5, 5.41) is 3.82. The van der Waals surface area contributed by atoms with Crippen molar-refractivity contribution in [2.75, 3.05) is 11.6 Å². The number of carbonyl (C=O) groups excluding carboxylic acids is 1. The third-order valence-electron chi connectivity index (χ3n) is 5.39. The van der Waals surface area contributed by atoms with E-state index in [0.717, 1.165) is 32.6 Å². The lowest BCUT2D eigenvalue weighted by molar-refractivity contribution is -0.116. The Balaban J connectivity index is 1.35. The molecule has 1 N–H and O–H groups in total. The molecule has 0 radical (unpaired) electrons. The number of hydrogen-bond acceptors (Lipinski definition) is 6. The molecule has 0 aliphatic carbocycles. The highest BCUT2D eigenvalue weighted by Crippen LogP contribution is 2.31. The van der Waals surface area contributed by atoms with Gasteiger partial charge in [0.25, 0.3) is 0 Å². The van der Waals surface area contributed by atoms with Crippen LogP contribution in [0, 0.1) is 6.92 Å². The van der Waals surface area contributed by atoms with Gasteiger partial charge in [0.15, 0.2) is 9.84 Å². The first-order valence-corrected chi connectivity index (χ1v) is 13.5. The number of benzene rings is 3. The molecule has 5 aromatic rings.